The lowest BCUT2D eigenvalue weighted by atomic mass is 9.93. The lowest BCUT2D eigenvalue weighted by Gasteiger charge is -2.48. The second kappa shape index (κ2) is 7.24. The van der Waals surface area contributed by atoms with Gasteiger partial charge in [-0.15, -0.1) is 0 Å². The predicted octanol–water partition coefficient (Wildman–Crippen LogP) is 5.06. The SMILES string of the molecule is C=Cc1cccc([C@@H]2NC(=O)[C@@H]2O[Si](C(C)C)(C(C)C)C(C)C)c1. The normalized spacial score (nSPS) is 21.1. The smallest absolute Gasteiger partial charge is 0.251 e. The predicted molar refractivity (Wildman–Crippen MR) is 103 cm³/mol. The summed E-state index contributed by atoms with van der Waals surface area (Å²) in [5.74, 6) is 0.0165. The van der Waals surface area contributed by atoms with Crippen LogP contribution in [0, 0.1) is 0 Å². The van der Waals surface area contributed by atoms with Crippen molar-refractivity contribution in [2.75, 3.05) is 0 Å². The maximum absolute atomic E-state index is 12.3. The number of rotatable bonds is 7. The summed E-state index contributed by atoms with van der Waals surface area (Å²) in [4.78, 5) is 12.3. The maximum atomic E-state index is 12.3. The Morgan fingerprint density at radius 1 is 1.12 bits per heavy atom. The Bertz CT molecular complexity index is 588. The first-order valence-corrected chi connectivity index (χ1v) is 11.1. The molecule has 0 aliphatic carbocycles. The lowest BCUT2D eigenvalue weighted by molar-refractivity contribution is -0.141. The van der Waals surface area contributed by atoms with Gasteiger partial charge in [0.15, 0.2) is 0 Å². The average molecular weight is 346 g/mol. The van der Waals surface area contributed by atoms with Crippen LogP contribution in [0.1, 0.15) is 58.7 Å². The van der Waals surface area contributed by atoms with Gasteiger partial charge >= 0.3 is 0 Å². The van der Waals surface area contributed by atoms with E-state index in [1.807, 2.05) is 18.2 Å². The molecule has 3 nitrogen and oxygen atoms in total. The first kappa shape index (κ1) is 18.9. The van der Waals surface area contributed by atoms with Crippen molar-refractivity contribution in [2.24, 2.45) is 0 Å². The number of hydrogen-bond acceptors (Lipinski definition) is 2. The molecular formula is C20H31NO2Si. The van der Waals surface area contributed by atoms with E-state index in [-0.39, 0.29) is 18.1 Å². The molecule has 0 unspecified atom stereocenters. The zero-order chi connectivity index (χ0) is 18.1. The highest BCUT2D eigenvalue weighted by atomic mass is 28.4. The zero-order valence-electron chi connectivity index (χ0n) is 15.8. The molecule has 1 aromatic carbocycles. The Morgan fingerprint density at radius 3 is 2.17 bits per heavy atom. The highest BCUT2D eigenvalue weighted by Gasteiger charge is 2.52. The van der Waals surface area contributed by atoms with Gasteiger partial charge < -0.3 is 9.74 Å². The van der Waals surface area contributed by atoms with Gasteiger partial charge in [-0.25, -0.2) is 0 Å². The van der Waals surface area contributed by atoms with Crippen LogP contribution in [0.3, 0.4) is 0 Å². The van der Waals surface area contributed by atoms with Gasteiger partial charge in [-0.2, -0.15) is 0 Å². The number of carbonyl (C=O) groups is 1. The largest absolute Gasteiger partial charge is 0.402 e. The molecule has 0 aromatic heterocycles. The summed E-state index contributed by atoms with van der Waals surface area (Å²) in [6, 6.07) is 8.10. The molecule has 1 heterocycles. The van der Waals surface area contributed by atoms with Crippen molar-refractivity contribution in [3.05, 3.63) is 42.0 Å². The third-order valence-electron chi connectivity index (χ3n) is 5.40. The highest BCUT2D eigenvalue weighted by Crippen LogP contribution is 2.45. The Hall–Kier alpha value is -1.39. The topological polar surface area (TPSA) is 38.3 Å². The first-order valence-electron chi connectivity index (χ1n) is 8.94. The van der Waals surface area contributed by atoms with E-state index in [1.54, 1.807) is 0 Å². The van der Waals surface area contributed by atoms with E-state index in [4.69, 9.17) is 4.43 Å². The van der Waals surface area contributed by atoms with Crippen LogP contribution in [0.15, 0.2) is 30.8 Å². The number of hydrogen-bond donors (Lipinski definition) is 1. The third-order valence-corrected chi connectivity index (χ3v) is 11.5. The van der Waals surface area contributed by atoms with Gasteiger partial charge in [-0.05, 0) is 33.8 Å². The van der Waals surface area contributed by atoms with Gasteiger partial charge in [0.2, 0.25) is 8.32 Å². The van der Waals surface area contributed by atoms with E-state index in [2.05, 4.69) is 65.6 Å². The molecule has 4 heteroatoms. The average Bonchev–Trinajstić information content (AvgIpc) is 2.52. The zero-order valence-corrected chi connectivity index (χ0v) is 16.8. The van der Waals surface area contributed by atoms with Crippen molar-refractivity contribution in [1.29, 1.82) is 0 Å². The fourth-order valence-electron chi connectivity index (χ4n) is 4.25. The van der Waals surface area contributed by atoms with Crippen LogP contribution in [-0.2, 0) is 9.22 Å². The highest BCUT2D eigenvalue weighted by molar-refractivity contribution is 6.77. The second-order valence-corrected chi connectivity index (χ2v) is 13.1. The molecule has 0 saturated carbocycles. The summed E-state index contributed by atoms with van der Waals surface area (Å²) in [6.45, 7) is 17.3. The fraction of sp³-hybridized carbons (Fsp3) is 0.550. The van der Waals surface area contributed by atoms with Crippen LogP contribution >= 0.6 is 0 Å². The van der Waals surface area contributed by atoms with Gasteiger partial charge in [0.25, 0.3) is 5.91 Å². The number of benzene rings is 1. The van der Waals surface area contributed by atoms with Crippen molar-refractivity contribution in [1.82, 2.24) is 5.32 Å². The Morgan fingerprint density at radius 2 is 1.71 bits per heavy atom. The van der Waals surface area contributed by atoms with Crippen molar-refractivity contribution < 1.29 is 9.22 Å². The van der Waals surface area contributed by atoms with Crippen molar-refractivity contribution >= 4 is 20.3 Å². The molecule has 2 rings (SSSR count). The van der Waals surface area contributed by atoms with Gasteiger partial charge in [0.1, 0.15) is 6.10 Å². The number of β-lactam (4-membered cyclic amide) rings is 1. The van der Waals surface area contributed by atoms with E-state index < -0.39 is 8.32 Å². The molecule has 0 bridgehead atoms. The standard InChI is InChI=1S/C20H31NO2Si/c1-8-16-10-9-11-17(12-16)18-19(20(22)21-18)23-24(13(2)3,14(4)5)15(6)7/h8-15,18-19H,1H2,2-7H3,(H,21,22)/t18-,19+/m0/s1. The van der Waals surface area contributed by atoms with E-state index in [0.29, 0.717) is 16.6 Å². The Balaban J connectivity index is 2.31. The molecule has 1 amide bonds. The van der Waals surface area contributed by atoms with Crippen LogP contribution in [0.4, 0.5) is 0 Å². The number of amides is 1. The summed E-state index contributed by atoms with van der Waals surface area (Å²) >= 11 is 0. The lowest BCUT2D eigenvalue weighted by Crippen LogP contribution is -2.63. The summed E-state index contributed by atoms with van der Waals surface area (Å²) in [5, 5.41) is 3.02. The molecule has 0 radical (unpaired) electrons. The van der Waals surface area contributed by atoms with Crippen molar-refractivity contribution in [3.63, 3.8) is 0 Å². The third kappa shape index (κ3) is 3.22. The van der Waals surface area contributed by atoms with Gasteiger partial charge in [-0.3, -0.25) is 4.79 Å². The number of nitrogens with one attached hydrogen (secondary N) is 1. The first-order chi connectivity index (χ1) is 11.2. The minimum atomic E-state index is -2.08. The van der Waals surface area contributed by atoms with Gasteiger partial charge in [0, 0.05) is 0 Å². The Kier molecular flexibility index (Phi) is 5.71. The molecule has 2 atom stereocenters. The Labute approximate surface area is 147 Å². The van der Waals surface area contributed by atoms with Crippen LogP contribution in [-0.4, -0.2) is 20.3 Å². The second-order valence-electron chi connectivity index (χ2n) is 7.72. The molecule has 1 saturated heterocycles. The molecular weight excluding hydrogens is 314 g/mol. The summed E-state index contributed by atoms with van der Waals surface area (Å²) in [6.07, 6.45) is 1.46. The minimum Gasteiger partial charge on any atom is -0.402 e. The quantitative estimate of drug-likeness (QED) is 0.554. The molecule has 1 aromatic rings. The van der Waals surface area contributed by atoms with E-state index in [0.717, 1.165) is 11.1 Å². The molecule has 1 aliphatic heterocycles. The van der Waals surface area contributed by atoms with Crippen LogP contribution in [0.2, 0.25) is 16.6 Å². The van der Waals surface area contributed by atoms with Crippen molar-refractivity contribution in [3.8, 4) is 0 Å². The van der Waals surface area contributed by atoms with Crippen LogP contribution < -0.4 is 5.32 Å². The van der Waals surface area contributed by atoms with Crippen LogP contribution in [0.25, 0.3) is 6.08 Å². The molecule has 1 aliphatic rings. The van der Waals surface area contributed by atoms with E-state index in [9.17, 15) is 4.79 Å². The fourth-order valence-corrected chi connectivity index (χ4v) is 9.75. The molecule has 1 N–H and O–H groups in total. The van der Waals surface area contributed by atoms with Gasteiger partial charge in [-0.1, -0.05) is 72.4 Å². The summed E-state index contributed by atoms with van der Waals surface area (Å²) < 4.78 is 6.71. The van der Waals surface area contributed by atoms with Crippen LogP contribution in [0.5, 0.6) is 0 Å². The summed E-state index contributed by atoms with van der Waals surface area (Å²) in [7, 11) is -2.08. The molecule has 1 fully saturated rings. The van der Waals surface area contributed by atoms with Crippen molar-refractivity contribution in [2.45, 2.75) is 70.3 Å². The minimum absolute atomic E-state index is 0.0165. The monoisotopic (exact) mass is 345 g/mol. The van der Waals surface area contributed by atoms with Gasteiger partial charge in [0.05, 0.1) is 6.04 Å². The number of carbonyl (C=O) groups excluding carboxylic acids is 1. The van der Waals surface area contributed by atoms with E-state index in [1.165, 1.54) is 0 Å². The molecule has 0 spiro atoms. The summed E-state index contributed by atoms with van der Waals surface area (Å²) in [5.41, 5.74) is 3.55. The molecule has 24 heavy (non-hydrogen) atoms. The van der Waals surface area contributed by atoms with E-state index >= 15 is 0 Å². The molecule has 132 valence electrons. The maximum Gasteiger partial charge on any atom is 0.251 e.